The average Bonchev–Trinajstić information content (AvgIpc) is 2.28. The van der Waals surface area contributed by atoms with Crippen LogP contribution >= 0.6 is 0 Å². The fourth-order valence-electron chi connectivity index (χ4n) is 2.23. The molecule has 0 radical (unpaired) electrons. The second kappa shape index (κ2) is 6.18. The Labute approximate surface area is 97.9 Å². The van der Waals surface area contributed by atoms with Crippen LogP contribution in [0.4, 0.5) is 0 Å². The van der Waals surface area contributed by atoms with Gasteiger partial charge < -0.3 is 9.80 Å². The normalized spacial score (nSPS) is 24.4. The molecule has 0 aromatic carbocycles. The highest BCUT2D eigenvalue weighted by molar-refractivity contribution is 5.77. The first-order chi connectivity index (χ1) is 7.54. The van der Waals surface area contributed by atoms with Gasteiger partial charge in [-0.2, -0.15) is 0 Å². The minimum atomic E-state index is -0.0769. The second-order valence-corrected chi connectivity index (χ2v) is 4.93. The van der Waals surface area contributed by atoms with E-state index < -0.39 is 0 Å². The Morgan fingerprint density at radius 3 is 2.88 bits per heavy atom. The van der Waals surface area contributed by atoms with Gasteiger partial charge in [0, 0.05) is 25.0 Å². The minimum absolute atomic E-state index is 0.0362. The van der Waals surface area contributed by atoms with Crippen LogP contribution in [0.3, 0.4) is 0 Å². The molecule has 0 aromatic heterocycles. The van der Waals surface area contributed by atoms with Crippen molar-refractivity contribution in [3.63, 3.8) is 0 Å². The molecule has 0 aromatic rings. The summed E-state index contributed by atoms with van der Waals surface area (Å²) in [4.78, 5) is 15.9. The molecule has 5 heteroatoms. The lowest BCUT2D eigenvalue weighted by Gasteiger charge is -2.37. The third-order valence-corrected chi connectivity index (χ3v) is 3.33. The van der Waals surface area contributed by atoms with Gasteiger partial charge in [0.15, 0.2) is 0 Å². The summed E-state index contributed by atoms with van der Waals surface area (Å²) in [6, 6.07) is 0.613. The molecule has 1 aliphatic heterocycles. The fourth-order valence-corrected chi connectivity index (χ4v) is 2.23. The molecule has 5 nitrogen and oxygen atoms in total. The topological polar surface area (TPSA) is 61.6 Å². The number of hydrogen-bond acceptors (Lipinski definition) is 4. The van der Waals surface area contributed by atoms with Crippen molar-refractivity contribution in [1.29, 1.82) is 0 Å². The van der Waals surface area contributed by atoms with Crippen LogP contribution in [0.25, 0.3) is 0 Å². The van der Waals surface area contributed by atoms with Crippen LogP contribution < -0.4 is 11.3 Å². The number of carbonyl (C=O) groups excluding carboxylic acids is 1. The number of nitrogens with two attached hydrogens (primary N) is 1. The maximum absolute atomic E-state index is 11.3. The number of hydrogen-bond donors (Lipinski definition) is 2. The number of amides is 1. The maximum atomic E-state index is 11.3. The van der Waals surface area contributed by atoms with Gasteiger partial charge in [0.2, 0.25) is 5.91 Å². The van der Waals surface area contributed by atoms with Gasteiger partial charge in [-0.05, 0) is 33.5 Å². The van der Waals surface area contributed by atoms with E-state index in [2.05, 4.69) is 29.3 Å². The summed E-state index contributed by atoms with van der Waals surface area (Å²) in [6.45, 7) is 4.86. The first kappa shape index (κ1) is 13.4. The van der Waals surface area contributed by atoms with Crippen LogP contribution in [-0.4, -0.2) is 55.5 Å². The molecule has 1 amide bonds. The summed E-state index contributed by atoms with van der Waals surface area (Å²) in [5.74, 6) is 5.01. The lowest BCUT2D eigenvalue weighted by Crippen LogP contribution is -2.48. The number of piperidine rings is 1. The largest absolute Gasteiger partial charge is 0.305 e. The number of hydrazine groups is 1. The van der Waals surface area contributed by atoms with E-state index in [1.54, 1.807) is 0 Å². The van der Waals surface area contributed by atoms with Crippen LogP contribution in [0.2, 0.25) is 0 Å². The van der Waals surface area contributed by atoms with Crippen LogP contribution in [0.15, 0.2) is 0 Å². The minimum Gasteiger partial charge on any atom is -0.305 e. The summed E-state index contributed by atoms with van der Waals surface area (Å²) in [5, 5.41) is 0. The Morgan fingerprint density at radius 2 is 2.31 bits per heavy atom. The molecule has 0 saturated carbocycles. The molecule has 1 rings (SSSR count). The highest BCUT2D eigenvalue weighted by Gasteiger charge is 2.24. The molecule has 1 heterocycles. The zero-order valence-electron chi connectivity index (χ0n) is 10.6. The lowest BCUT2D eigenvalue weighted by atomic mass is 10.0. The molecule has 94 valence electrons. The lowest BCUT2D eigenvalue weighted by molar-refractivity contribution is -0.125. The van der Waals surface area contributed by atoms with Crippen molar-refractivity contribution >= 4 is 5.91 Å². The summed E-state index contributed by atoms with van der Waals surface area (Å²) in [7, 11) is 4.23. The molecular weight excluding hydrogens is 204 g/mol. The Balaban J connectivity index is 2.39. The van der Waals surface area contributed by atoms with Crippen molar-refractivity contribution < 1.29 is 4.79 Å². The molecule has 2 unspecified atom stereocenters. The van der Waals surface area contributed by atoms with Crippen molar-refractivity contribution in [2.24, 2.45) is 11.8 Å². The Morgan fingerprint density at radius 1 is 1.62 bits per heavy atom. The van der Waals surface area contributed by atoms with Gasteiger partial charge in [-0.25, -0.2) is 5.84 Å². The van der Waals surface area contributed by atoms with Gasteiger partial charge in [0.05, 0.1) is 0 Å². The van der Waals surface area contributed by atoms with E-state index in [0.29, 0.717) is 6.04 Å². The molecule has 1 fully saturated rings. The molecule has 1 aliphatic rings. The average molecular weight is 228 g/mol. The predicted octanol–water partition coefficient (Wildman–Crippen LogP) is -0.362. The number of nitrogens with zero attached hydrogens (tertiary/aromatic N) is 2. The van der Waals surface area contributed by atoms with E-state index in [-0.39, 0.29) is 11.8 Å². The van der Waals surface area contributed by atoms with Gasteiger partial charge >= 0.3 is 0 Å². The number of carbonyl (C=O) groups is 1. The van der Waals surface area contributed by atoms with Gasteiger partial charge in [0.25, 0.3) is 0 Å². The molecule has 0 aliphatic carbocycles. The Kier molecular flexibility index (Phi) is 5.18. The molecule has 16 heavy (non-hydrogen) atoms. The fraction of sp³-hybridized carbons (Fsp3) is 0.909. The van der Waals surface area contributed by atoms with Crippen molar-refractivity contribution in [2.45, 2.75) is 25.8 Å². The van der Waals surface area contributed by atoms with Crippen LogP contribution in [0.5, 0.6) is 0 Å². The van der Waals surface area contributed by atoms with Gasteiger partial charge in [-0.3, -0.25) is 10.2 Å². The molecule has 0 spiro atoms. The van der Waals surface area contributed by atoms with Crippen molar-refractivity contribution in [1.82, 2.24) is 15.2 Å². The number of rotatable bonds is 4. The van der Waals surface area contributed by atoms with Crippen molar-refractivity contribution in [3.8, 4) is 0 Å². The summed E-state index contributed by atoms with van der Waals surface area (Å²) in [6.07, 6.45) is 2.46. The maximum Gasteiger partial charge on any atom is 0.237 e. The molecule has 0 bridgehead atoms. The van der Waals surface area contributed by atoms with Crippen molar-refractivity contribution in [3.05, 3.63) is 0 Å². The predicted molar refractivity (Wildman–Crippen MR) is 64.6 cm³/mol. The number of nitrogens with one attached hydrogen (secondary N) is 1. The highest BCUT2D eigenvalue weighted by Crippen LogP contribution is 2.14. The van der Waals surface area contributed by atoms with Gasteiger partial charge in [-0.15, -0.1) is 0 Å². The van der Waals surface area contributed by atoms with Crippen LogP contribution in [-0.2, 0) is 4.79 Å². The second-order valence-electron chi connectivity index (χ2n) is 4.93. The van der Waals surface area contributed by atoms with Gasteiger partial charge in [0.1, 0.15) is 0 Å². The third kappa shape index (κ3) is 3.73. The summed E-state index contributed by atoms with van der Waals surface area (Å²) < 4.78 is 0. The first-order valence-electron chi connectivity index (χ1n) is 5.93. The van der Waals surface area contributed by atoms with Crippen LogP contribution in [0, 0.1) is 5.92 Å². The Bertz CT molecular complexity index is 232. The van der Waals surface area contributed by atoms with E-state index >= 15 is 0 Å². The van der Waals surface area contributed by atoms with Gasteiger partial charge in [-0.1, -0.05) is 6.92 Å². The molecule has 2 atom stereocenters. The zero-order valence-corrected chi connectivity index (χ0v) is 10.6. The molecular formula is C11H24N4O. The van der Waals surface area contributed by atoms with E-state index in [9.17, 15) is 4.79 Å². The SMILES string of the molecule is CC(CN1CCCC(N(C)C)C1)C(=O)NN. The zero-order chi connectivity index (χ0) is 12.1. The smallest absolute Gasteiger partial charge is 0.237 e. The molecule has 3 N–H and O–H groups in total. The number of likely N-dealkylation sites (tertiary alicyclic amines) is 1. The van der Waals surface area contributed by atoms with E-state index in [1.165, 1.54) is 12.8 Å². The van der Waals surface area contributed by atoms with E-state index in [4.69, 9.17) is 5.84 Å². The number of likely N-dealkylation sites (N-methyl/N-ethyl adjacent to an activating group) is 1. The Hall–Kier alpha value is -0.650. The highest BCUT2D eigenvalue weighted by atomic mass is 16.2. The van der Waals surface area contributed by atoms with Crippen LogP contribution in [0.1, 0.15) is 19.8 Å². The van der Waals surface area contributed by atoms with E-state index in [1.807, 2.05) is 6.92 Å². The van der Waals surface area contributed by atoms with E-state index in [0.717, 1.165) is 19.6 Å². The summed E-state index contributed by atoms with van der Waals surface area (Å²) in [5.41, 5.74) is 2.21. The molecule has 1 saturated heterocycles. The standard InChI is InChI=1S/C11H24N4O/c1-9(11(16)13-12)7-15-6-4-5-10(8-15)14(2)3/h9-10H,4-8,12H2,1-3H3,(H,13,16). The monoisotopic (exact) mass is 228 g/mol. The first-order valence-corrected chi connectivity index (χ1v) is 5.93. The summed E-state index contributed by atoms with van der Waals surface area (Å²) >= 11 is 0. The third-order valence-electron chi connectivity index (χ3n) is 3.33. The quantitative estimate of drug-likeness (QED) is 0.392. The van der Waals surface area contributed by atoms with Crippen molar-refractivity contribution in [2.75, 3.05) is 33.7 Å².